The molecule has 1 aliphatic rings. The lowest BCUT2D eigenvalue weighted by Crippen LogP contribution is -2.21. The minimum absolute atomic E-state index is 0.0668. The minimum Gasteiger partial charge on any atom is -0.462 e. The van der Waals surface area contributed by atoms with E-state index in [1.54, 1.807) is 19.1 Å². The van der Waals surface area contributed by atoms with E-state index in [1.807, 2.05) is 18.2 Å². The average molecular weight is 331 g/mol. The summed E-state index contributed by atoms with van der Waals surface area (Å²) in [7, 11) is 0. The molecule has 1 heterocycles. The molecule has 4 nitrogen and oxygen atoms in total. The number of rotatable bonds is 5. The Bertz CT molecular complexity index is 807. The lowest BCUT2D eigenvalue weighted by Gasteiger charge is -2.20. The molecule has 0 fully saturated rings. The number of anilines is 1. The third-order valence-corrected chi connectivity index (χ3v) is 3.89. The van der Waals surface area contributed by atoms with Crippen LogP contribution in [0.15, 0.2) is 65.3 Å². The van der Waals surface area contributed by atoms with Gasteiger partial charge in [0.15, 0.2) is 0 Å². The summed E-state index contributed by atoms with van der Waals surface area (Å²) in [4.78, 5) is 5.55. The Morgan fingerprint density at radius 3 is 2.44 bits per heavy atom. The molecule has 0 amide bonds. The van der Waals surface area contributed by atoms with Crippen LogP contribution in [-0.4, -0.2) is 13.1 Å². The summed E-state index contributed by atoms with van der Waals surface area (Å²) >= 11 is 0. The van der Waals surface area contributed by atoms with Crippen molar-refractivity contribution in [3.63, 3.8) is 0 Å². The molecule has 0 bridgehead atoms. The third-order valence-electron chi connectivity index (χ3n) is 3.89. The second-order valence-corrected chi connectivity index (χ2v) is 5.53. The van der Waals surface area contributed by atoms with Gasteiger partial charge in [-0.05, 0) is 62.3 Å². The van der Waals surface area contributed by atoms with E-state index in [0.29, 0.717) is 17.1 Å². The average Bonchev–Trinajstić information content (AvgIpc) is 2.63. The molecule has 0 saturated heterocycles. The molecule has 0 aromatic heterocycles. The number of benzene rings is 1. The van der Waals surface area contributed by atoms with Gasteiger partial charge in [-0.3, -0.25) is 0 Å². The summed E-state index contributed by atoms with van der Waals surface area (Å²) in [5, 5.41) is 9.03. The Morgan fingerprint density at radius 2 is 1.88 bits per heavy atom. The van der Waals surface area contributed by atoms with E-state index in [4.69, 9.17) is 16.6 Å². The van der Waals surface area contributed by atoms with Gasteiger partial charge in [-0.25, -0.2) is 10.1 Å². The van der Waals surface area contributed by atoms with Crippen molar-refractivity contribution >= 4 is 11.8 Å². The van der Waals surface area contributed by atoms with Crippen molar-refractivity contribution in [1.29, 1.82) is 5.26 Å². The highest BCUT2D eigenvalue weighted by Gasteiger charge is 2.10. The second kappa shape index (κ2) is 8.57. The van der Waals surface area contributed by atoms with Gasteiger partial charge in [0, 0.05) is 18.8 Å². The molecule has 0 aliphatic carbocycles. The first-order chi connectivity index (χ1) is 12.1. The summed E-state index contributed by atoms with van der Waals surface area (Å²) in [6.45, 7) is 15.1. The Hall–Kier alpha value is -3.24. The van der Waals surface area contributed by atoms with Crippen molar-refractivity contribution in [3.8, 4) is 6.07 Å². The predicted octanol–water partition coefficient (Wildman–Crippen LogP) is 5.06. The van der Waals surface area contributed by atoms with E-state index in [0.717, 1.165) is 18.7 Å². The summed E-state index contributed by atoms with van der Waals surface area (Å²) in [5.41, 5.74) is 2.91. The monoisotopic (exact) mass is 331 g/mol. The minimum atomic E-state index is 0.0668. The molecule has 0 N–H and O–H groups in total. The molecule has 0 radical (unpaired) electrons. The van der Waals surface area contributed by atoms with Gasteiger partial charge in [-0.1, -0.05) is 18.2 Å². The molecule has 1 aromatic rings. The van der Waals surface area contributed by atoms with Gasteiger partial charge in [0.05, 0.1) is 12.6 Å². The van der Waals surface area contributed by atoms with Crippen molar-refractivity contribution in [1.82, 2.24) is 0 Å². The van der Waals surface area contributed by atoms with Gasteiger partial charge in [0.25, 0.3) is 5.70 Å². The maximum atomic E-state index is 9.03. The van der Waals surface area contributed by atoms with E-state index in [1.165, 1.54) is 5.69 Å². The number of nitrogens with zero attached hydrogens (tertiary/aromatic N) is 3. The van der Waals surface area contributed by atoms with Crippen molar-refractivity contribution in [3.05, 3.63) is 82.3 Å². The lowest BCUT2D eigenvalue weighted by atomic mass is 10.1. The summed E-state index contributed by atoms with van der Waals surface area (Å²) in [6, 6.07) is 10.2. The topological polar surface area (TPSA) is 40.6 Å². The zero-order chi connectivity index (χ0) is 18.2. The van der Waals surface area contributed by atoms with Gasteiger partial charge in [-0.15, -0.1) is 0 Å². The lowest BCUT2D eigenvalue weighted by molar-refractivity contribution is 0.318. The van der Waals surface area contributed by atoms with E-state index >= 15 is 0 Å². The van der Waals surface area contributed by atoms with Crippen LogP contribution in [0.4, 0.5) is 5.69 Å². The van der Waals surface area contributed by atoms with Crippen molar-refractivity contribution < 1.29 is 4.74 Å². The number of hydrogen-bond acceptors (Lipinski definition) is 3. The molecule has 25 heavy (non-hydrogen) atoms. The molecule has 4 heteroatoms. The van der Waals surface area contributed by atoms with Gasteiger partial charge in [-0.2, -0.15) is 0 Å². The summed E-state index contributed by atoms with van der Waals surface area (Å²) in [5.74, 6) is 1.27. The van der Waals surface area contributed by atoms with E-state index < -0.39 is 0 Å². The number of nitriles is 1. The standard InChI is InChI=1S/C21H21N3O/c1-5-24(6-2)19-10-7-17(8-11-19)9-12-20-14-18(13-16(3)25-20)21(15-22)23-4/h7-14H,5-6H2,1-3H3. The SMILES string of the molecule is [C-]#[N+]C(C#N)=C1C=C(C)OC(C=Cc2ccc(N(CC)CC)cc2)=C1. The highest BCUT2D eigenvalue weighted by molar-refractivity contribution is 5.59. The van der Waals surface area contributed by atoms with Crippen LogP contribution in [0.25, 0.3) is 10.9 Å². The first kappa shape index (κ1) is 18.1. The number of hydrogen-bond donors (Lipinski definition) is 0. The second-order valence-electron chi connectivity index (χ2n) is 5.53. The number of ether oxygens (including phenoxy) is 1. The van der Waals surface area contributed by atoms with Crippen LogP contribution in [0.3, 0.4) is 0 Å². The van der Waals surface area contributed by atoms with Gasteiger partial charge < -0.3 is 9.64 Å². The summed E-state index contributed by atoms with van der Waals surface area (Å²) < 4.78 is 5.65. The third kappa shape index (κ3) is 4.62. The van der Waals surface area contributed by atoms with Gasteiger partial charge in [0.2, 0.25) is 0 Å². The fourth-order valence-electron chi connectivity index (χ4n) is 2.60. The van der Waals surface area contributed by atoms with Crippen LogP contribution >= 0.6 is 0 Å². The van der Waals surface area contributed by atoms with Crippen LogP contribution in [0.5, 0.6) is 0 Å². The molecule has 0 atom stereocenters. The normalized spacial score (nSPS) is 15.6. The van der Waals surface area contributed by atoms with E-state index in [2.05, 4.69) is 47.9 Å². The molecule has 1 aromatic carbocycles. The Morgan fingerprint density at radius 1 is 1.20 bits per heavy atom. The largest absolute Gasteiger partial charge is 0.462 e. The summed E-state index contributed by atoms with van der Waals surface area (Å²) in [6.07, 6.45) is 7.22. The molecule has 1 aliphatic heterocycles. The maximum Gasteiger partial charge on any atom is 0.269 e. The highest BCUT2D eigenvalue weighted by Crippen LogP contribution is 2.23. The molecule has 126 valence electrons. The van der Waals surface area contributed by atoms with Crippen molar-refractivity contribution in [2.24, 2.45) is 0 Å². The number of allylic oxidation sites excluding steroid dienone is 6. The zero-order valence-corrected chi connectivity index (χ0v) is 14.8. The van der Waals surface area contributed by atoms with Crippen LogP contribution in [0, 0.1) is 17.9 Å². The molecular formula is C21H21N3O. The quantitative estimate of drug-likeness (QED) is 0.559. The van der Waals surface area contributed by atoms with Crippen LogP contribution in [-0.2, 0) is 4.74 Å². The molecular weight excluding hydrogens is 310 g/mol. The first-order valence-corrected chi connectivity index (χ1v) is 8.24. The van der Waals surface area contributed by atoms with Gasteiger partial charge in [0.1, 0.15) is 11.5 Å². The van der Waals surface area contributed by atoms with E-state index in [9.17, 15) is 0 Å². The van der Waals surface area contributed by atoms with Crippen molar-refractivity contribution in [2.75, 3.05) is 18.0 Å². The zero-order valence-electron chi connectivity index (χ0n) is 14.8. The Balaban J connectivity index is 2.21. The fraction of sp³-hybridized carbons (Fsp3) is 0.238. The molecule has 2 rings (SSSR count). The fourth-order valence-corrected chi connectivity index (χ4v) is 2.60. The van der Waals surface area contributed by atoms with Crippen LogP contribution < -0.4 is 4.90 Å². The van der Waals surface area contributed by atoms with Gasteiger partial charge >= 0.3 is 0 Å². The first-order valence-electron chi connectivity index (χ1n) is 8.24. The predicted molar refractivity (Wildman–Crippen MR) is 101 cm³/mol. The molecule has 0 spiro atoms. The van der Waals surface area contributed by atoms with E-state index in [-0.39, 0.29) is 5.70 Å². The Kier molecular flexibility index (Phi) is 6.20. The highest BCUT2D eigenvalue weighted by atomic mass is 16.5. The maximum absolute atomic E-state index is 9.03. The van der Waals surface area contributed by atoms with Crippen LogP contribution in [0.2, 0.25) is 0 Å². The molecule has 0 unspecified atom stereocenters. The van der Waals surface area contributed by atoms with Crippen LogP contribution in [0.1, 0.15) is 26.3 Å². The molecule has 0 saturated carbocycles. The Labute approximate surface area is 149 Å². The van der Waals surface area contributed by atoms with Crippen molar-refractivity contribution in [2.45, 2.75) is 20.8 Å². The smallest absolute Gasteiger partial charge is 0.269 e.